The average Bonchev–Trinajstić information content (AvgIpc) is 2.97. The Morgan fingerprint density at radius 1 is 0.239 bits per heavy atom. The van der Waals surface area contributed by atoms with Crippen LogP contribution in [0.4, 0.5) is 52.7 Å². The summed E-state index contributed by atoms with van der Waals surface area (Å²) in [6, 6.07) is 0. The number of rotatable bonds is 31. The number of halogens is 12. The molecule has 0 spiro atoms. The average molecular weight is 695 g/mol. The summed E-state index contributed by atoms with van der Waals surface area (Å²) in [5, 5.41) is 0. The normalized spacial score (nSPS) is 14.0. The third-order valence-corrected chi connectivity index (χ3v) is 8.79. The molecule has 0 aromatic heterocycles. The van der Waals surface area contributed by atoms with Crippen molar-refractivity contribution in [2.75, 3.05) is 0 Å². The number of unbranched alkanes of at least 4 members (excludes halogenated alkanes) is 22. The first-order valence-corrected chi connectivity index (χ1v) is 17.6. The molecule has 0 bridgehead atoms. The van der Waals surface area contributed by atoms with E-state index in [0.717, 1.165) is 103 Å². The van der Waals surface area contributed by atoms with E-state index < -0.39 is 61.2 Å². The Morgan fingerprint density at radius 3 is 0.609 bits per heavy atom. The fraction of sp³-hybridized carbons (Fsp3) is 1.00. The maximum absolute atomic E-state index is 14.2. The molecule has 12 heteroatoms. The molecule has 0 aliphatic rings. The minimum absolute atomic E-state index is 0.0998. The van der Waals surface area contributed by atoms with Gasteiger partial charge in [-0.3, -0.25) is 0 Å². The molecule has 0 aliphatic heterocycles. The number of hydrogen-bond acceptors (Lipinski definition) is 0. The van der Waals surface area contributed by atoms with Crippen molar-refractivity contribution >= 4 is 0 Å². The van der Waals surface area contributed by atoms with Crippen LogP contribution >= 0.6 is 0 Å². The van der Waals surface area contributed by atoms with Crippen LogP contribution in [0.3, 0.4) is 0 Å². The Bertz CT molecular complexity index is 690. The molecule has 0 radical (unpaired) electrons. The van der Waals surface area contributed by atoms with Crippen LogP contribution < -0.4 is 0 Å². The zero-order valence-electron chi connectivity index (χ0n) is 27.9. The van der Waals surface area contributed by atoms with Gasteiger partial charge in [-0.05, 0) is 12.8 Å². The second-order valence-electron chi connectivity index (χ2n) is 13.0. The fourth-order valence-corrected chi connectivity index (χ4v) is 5.54. The van der Waals surface area contributed by atoms with Crippen LogP contribution in [0.1, 0.15) is 181 Å². The minimum atomic E-state index is -7.45. The molecule has 0 aromatic carbocycles. The van der Waals surface area contributed by atoms with Gasteiger partial charge in [0.1, 0.15) is 0 Å². The Kier molecular flexibility index (Phi) is 21.6. The highest BCUT2D eigenvalue weighted by Gasteiger charge is 2.89. The van der Waals surface area contributed by atoms with Crippen LogP contribution in [0.2, 0.25) is 0 Å². The summed E-state index contributed by atoms with van der Waals surface area (Å²) in [5.74, 6) is -40.6. The van der Waals surface area contributed by atoms with Crippen molar-refractivity contribution < 1.29 is 52.7 Å². The summed E-state index contributed by atoms with van der Waals surface area (Å²) in [7, 11) is 0. The number of alkyl halides is 12. The Labute approximate surface area is 269 Å². The molecular weight excluding hydrogens is 636 g/mol. The lowest BCUT2D eigenvalue weighted by molar-refractivity contribution is -0.425. The third-order valence-electron chi connectivity index (χ3n) is 8.79. The lowest BCUT2D eigenvalue weighted by Gasteiger charge is -2.41. The van der Waals surface area contributed by atoms with Gasteiger partial charge in [-0.1, -0.05) is 155 Å². The highest BCUT2D eigenvalue weighted by Crippen LogP contribution is 2.61. The van der Waals surface area contributed by atoms with E-state index in [1.54, 1.807) is 0 Å². The first-order valence-electron chi connectivity index (χ1n) is 17.6. The summed E-state index contributed by atoms with van der Waals surface area (Å²) >= 11 is 0. The standard InChI is InChI=1S/C34H58F12/c1-3-5-7-9-11-13-15-17-19-21-23-25-27-29(35,36)31(39,40)33(43,44)34(45,46)32(41,42)30(37,38)28-26-24-22-20-18-16-14-12-10-8-6-4-2/h3-28H2,1-2H3. The van der Waals surface area contributed by atoms with Crippen LogP contribution in [-0.2, 0) is 0 Å². The second kappa shape index (κ2) is 22.0. The molecular formula is C34H58F12. The van der Waals surface area contributed by atoms with Gasteiger partial charge in [-0.15, -0.1) is 0 Å². The van der Waals surface area contributed by atoms with Gasteiger partial charge in [0.2, 0.25) is 0 Å². The third kappa shape index (κ3) is 13.9. The van der Waals surface area contributed by atoms with Crippen LogP contribution in [-0.4, -0.2) is 35.5 Å². The monoisotopic (exact) mass is 694 g/mol. The molecule has 0 nitrogen and oxygen atoms in total. The predicted octanol–water partition coefficient (Wildman–Crippen LogP) is 15.0. The van der Waals surface area contributed by atoms with Gasteiger partial charge in [0.05, 0.1) is 0 Å². The molecule has 0 rings (SSSR count). The second-order valence-corrected chi connectivity index (χ2v) is 13.0. The summed E-state index contributed by atoms with van der Waals surface area (Å²) in [6.07, 6.45) is 12.3. The van der Waals surface area contributed by atoms with Crippen molar-refractivity contribution in [1.82, 2.24) is 0 Å². The molecule has 0 saturated heterocycles. The van der Waals surface area contributed by atoms with Crippen molar-refractivity contribution in [3.63, 3.8) is 0 Å². The van der Waals surface area contributed by atoms with E-state index in [-0.39, 0.29) is 12.8 Å². The molecule has 0 aromatic rings. The van der Waals surface area contributed by atoms with Gasteiger partial charge >= 0.3 is 35.5 Å². The highest BCUT2D eigenvalue weighted by molar-refractivity contribution is 5.11. The Hall–Kier alpha value is -0.840. The van der Waals surface area contributed by atoms with Crippen molar-refractivity contribution in [3.05, 3.63) is 0 Å². The van der Waals surface area contributed by atoms with Crippen molar-refractivity contribution in [1.29, 1.82) is 0 Å². The van der Waals surface area contributed by atoms with Gasteiger partial charge < -0.3 is 0 Å². The quantitative estimate of drug-likeness (QED) is 0.0501. The molecule has 0 unspecified atom stereocenters. The molecule has 0 saturated carbocycles. The van der Waals surface area contributed by atoms with E-state index in [9.17, 15) is 52.7 Å². The molecule has 0 atom stereocenters. The van der Waals surface area contributed by atoms with Gasteiger partial charge in [0, 0.05) is 12.8 Å². The van der Waals surface area contributed by atoms with Crippen LogP contribution in [0.15, 0.2) is 0 Å². The van der Waals surface area contributed by atoms with E-state index in [1.165, 1.54) is 0 Å². The summed E-state index contributed by atoms with van der Waals surface area (Å²) in [4.78, 5) is 0. The van der Waals surface area contributed by atoms with Gasteiger partial charge in [0.15, 0.2) is 0 Å². The van der Waals surface area contributed by atoms with Crippen molar-refractivity contribution in [2.45, 2.75) is 216 Å². The van der Waals surface area contributed by atoms with Crippen LogP contribution in [0.5, 0.6) is 0 Å². The summed E-state index contributed by atoms with van der Waals surface area (Å²) in [6.45, 7) is 4.19. The molecule has 0 heterocycles. The largest absolute Gasteiger partial charge is 0.384 e. The maximum atomic E-state index is 14.2. The minimum Gasteiger partial charge on any atom is -0.200 e. The summed E-state index contributed by atoms with van der Waals surface area (Å²) < 4.78 is 171. The van der Waals surface area contributed by atoms with E-state index >= 15 is 0 Å². The lowest BCUT2D eigenvalue weighted by Crippen LogP contribution is -2.70. The SMILES string of the molecule is CCCCCCCCCCCCCCC(F)(F)C(F)(F)C(F)(F)C(F)(F)C(F)(F)C(F)(F)CCCCCCCCCCCCCC. The fourth-order valence-electron chi connectivity index (χ4n) is 5.54. The lowest BCUT2D eigenvalue weighted by atomic mass is 9.88. The van der Waals surface area contributed by atoms with Gasteiger partial charge in [-0.25, -0.2) is 0 Å². The van der Waals surface area contributed by atoms with Crippen LogP contribution in [0, 0.1) is 0 Å². The first kappa shape index (κ1) is 45.2. The summed E-state index contributed by atoms with van der Waals surface area (Å²) in [5.41, 5.74) is 0. The zero-order valence-corrected chi connectivity index (χ0v) is 27.9. The first-order chi connectivity index (χ1) is 21.4. The number of hydrogen-bond donors (Lipinski definition) is 0. The Morgan fingerprint density at radius 2 is 0.413 bits per heavy atom. The molecule has 46 heavy (non-hydrogen) atoms. The molecule has 0 N–H and O–H groups in total. The molecule has 278 valence electrons. The molecule has 0 amide bonds. The topological polar surface area (TPSA) is 0 Å². The predicted molar refractivity (Wildman–Crippen MR) is 161 cm³/mol. The Balaban J connectivity index is 4.81. The van der Waals surface area contributed by atoms with E-state index in [0.29, 0.717) is 25.7 Å². The van der Waals surface area contributed by atoms with E-state index in [1.807, 2.05) is 0 Å². The van der Waals surface area contributed by atoms with Crippen molar-refractivity contribution in [2.24, 2.45) is 0 Å². The molecule has 0 fully saturated rings. The zero-order chi connectivity index (χ0) is 35.4. The van der Waals surface area contributed by atoms with E-state index in [2.05, 4.69) is 13.8 Å². The highest BCUT2D eigenvalue weighted by atomic mass is 19.4. The molecule has 0 aliphatic carbocycles. The van der Waals surface area contributed by atoms with Gasteiger partial charge in [-0.2, -0.15) is 52.7 Å². The van der Waals surface area contributed by atoms with Crippen molar-refractivity contribution in [3.8, 4) is 0 Å². The van der Waals surface area contributed by atoms with Gasteiger partial charge in [0.25, 0.3) is 0 Å². The van der Waals surface area contributed by atoms with Crippen LogP contribution in [0.25, 0.3) is 0 Å². The maximum Gasteiger partial charge on any atom is 0.384 e. The van der Waals surface area contributed by atoms with E-state index in [4.69, 9.17) is 0 Å². The smallest absolute Gasteiger partial charge is 0.200 e.